The Hall–Kier alpha value is -3.51. The molecule has 0 aliphatic carbocycles. The lowest BCUT2D eigenvalue weighted by Gasteiger charge is -2.36. The van der Waals surface area contributed by atoms with Gasteiger partial charge in [-0.3, -0.25) is 24.2 Å². The summed E-state index contributed by atoms with van der Waals surface area (Å²) >= 11 is 0. The number of anilines is 1. The van der Waals surface area contributed by atoms with Crippen LogP contribution in [0.3, 0.4) is 0 Å². The fourth-order valence-corrected chi connectivity index (χ4v) is 4.66. The summed E-state index contributed by atoms with van der Waals surface area (Å²) in [4.78, 5) is 68.4. The molecule has 12 nitrogen and oxygen atoms in total. The number of benzene rings is 1. The smallest absolute Gasteiger partial charge is 0.410 e. The minimum Gasteiger partial charge on any atom is -0.444 e. The van der Waals surface area contributed by atoms with E-state index < -0.39 is 29.4 Å². The van der Waals surface area contributed by atoms with Crippen LogP contribution in [0.25, 0.3) is 0 Å². The molecule has 1 unspecified atom stereocenters. The summed E-state index contributed by atoms with van der Waals surface area (Å²) in [7, 11) is 3.12. The number of hydrogen-bond donors (Lipinski definition) is 1. The molecule has 40 heavy (non-hydrogen) atoms. The third-order valence-corrected chi connectivity index (χ3v) is 6.89. The van der Waals surface area contributed by atoms with E-state index in [0.29, 0.717) is 26.0 Å². The van der Waals surface area contributed by atoms with Crippen molar-refractivity contribution in [2.24, 2.45) is 0 Å². The van der Waals surface area contributed by atoms with E-state index in [1.165, 1.54) is 11.9 Å². The fourth-order valence-electron chi connectivity index (χ4n) is 4.66. The molecule has 0 bridgehead atoms. The zero-order valence-electron chi connectivity index (χ0n) is 24.1. The number of amides is 4. The fraction of sp³-hybridized carbons (Fsp3) is 0.607. The highest BCUT2D eigenvalue weighted by molar-refractivity contribution is 6.23. The van der Waals surface area contributed by atoms with Gasteiger partial charge in [-0.1, -0.05) is 0 Å². The van der Waals surface area contributed by atoms with Crippen molar-refractivity contribution >= 4 is 35.8 Å². The van der Waals surface area contributed by atoms with Gasteiger partial charge in [0.1, 0.15) is 17.9 Å². The molecule has 2 aliphatic heterocycles. The summed E-state index contributed by atoms with van der Waals surface area (Å²) in [5.41, 5.74) is 0.846. The number of carbonyl (C=O) groups is 5. The Morgan fingerprint density at radius 2 is 1.75 bits per heavy atom. The average Bonchev–Trinajstić information content (AvgIpc) is 3.16. The van der Waals surface area contributed by atoms with Gasteiger partial charge in [0, 0.05) is 65.5 Å². The van der Waals surface area contributed by atoms with Crippen molar-refractivity contribution in [2.45, 2.75) is 45.3 Å². The zero-order valence-corrected chi connectivity index (χ0v) is 24.1. The highest BCUT2D eigenvalue weighted by Crippen LogP contribution is 2.30. The van der Waals surface area contributed by atoms with Crippen LogP contribution in [0.5, 0.6) is 0 Å². The van der Waals surface area contributed by atoms with Crippen molar-refractivity contribution in [3.05, 3.63) is 29.3 Å². The average molecular weight is 560 g/mol. The van der Waals surface area contributed by atoms with Crippen LogP contribution < -0.4 is 10.2 Å². The maximum atomic E-state index is 13.2. The van der Waals surface area contributed by atoms with Crippen molar-refractivity contribution < 1.29 is 33.4 Å². The Morgan fingerprint density at radius 3 is 2.38 bits per heavy atom. The highest BCUT2D eigenvalue weighted by atomic mass is 16.6. The predicted octanol–water partition coefficient (Wildman–Crippen LogP) is 1.38. The molecule has 0 spiro atoms. The first-order valence-corrected chi connectivity index (χ1v) is 13.6. The van der Waals surface area contributed by atoms with Crippen molar-refractivity contribution in [2.75, 3.05) is 71.5 Å². The number of aldehydes is 1. The third-order valence-electron chi connectivity index (χ3n) is 6.89. The molecule has 4 amide bonds. The lowest BCUT2D eigenvalue weighted by atomic mass is 10.1. The molecule has 0 aromatic heterocycles. The van der Waals surface area contributed by atoms with Gasteiger partial charge in [0.25, 0.3) is 11.8 Å². The number of fused-ring (bicyclic) bond motifs is 1. The van der Waals surface area contributed by atoms with Crippen molar-refractivity contribution in [1.82, 2.24) is 20.0 Å². The van der Waals surface area contributed by atoms with Gasteiger partial charge in [-0.05, 0) is 45.4 Å². The Labute approximate surface area is 235 Å². The summed E-state index contributed by atoms with van der Waals surface area (Å²) in [5.74, 6) is -1.52. The van der Waals surface area contributed by atoms with Gasteiger partial charge in [0.05, 0.1) is 24.3 Å². The highest BCUT2D eigenvalue weighted by Gasteiger charge is 2.42. The van der Waals surface area contributed by atoms with Gasteiger partial charge in [0.2, 0.25) is 5.91 Å². The van der Waals surface area contributed by atoms with Crippen molar-refractivity contribution in [1.29, 1.82) is 0 Å². The summed E-state index contributed by atoms with van der Waals surface area (Å²) in [6.45, 7) is 10.8. The van der Waals surface area contributed by atoms with Gasteiger partial charge < -0.3 is 29.4 Å². The summed E-state index contributed by atoms with van der Waals surface area (Å²) in [5, 5.41) is 2.48. The Balaban J connectivity index is 1.48. The first-order chi connectivity index (χ1) is 19.0. The number of nitrogens with one attached hydrogen (secondary N) is 1. The molecule has 1 aromatic rings. The maximum absolute atomic E-state index is 13.2. The topological polar surface area (TPSA) is 129 Å². The van der Waals surface area contributed by atoms with E-state index in [-0.39, 0.29) is 30.1 Å². The first-order valence-electron chi connectivity index (χ1n) is 13.6. The van der Waals surface area contributed by atoms with Crippen LogP contribution in [-0.2, 0) is 19.1 Å². The molecule has 2 heterocycles. The Bertz CT molecular complexity index is 1100. The lowest BCUT2D eigenvalue weighted by molar-refractivity contribution is -0.124. The standard InChI is InChI=1S/C28H41N5O7/c1-28(2,3)40-27(38)30(5)14-17-39-18-15-31-10-12-32(13-11-31)20-8-9-21-22(19-20)26(37)33(25(21)36)23(7-6-16-34)24(35)29-4/h8-9,16,19,23H,6-7,10-15,17-18H2,1-5H3,(H,29,35). The van der Waals surface area contributed by atoms with E-state index in [1.54, 1.807) is 19.2 Å². The van der Waals surface area contributed by atoms with E-state index in [0.717, 1.165) is 43.3 Å². The van der Waals surface area contributed by atoms with Crippen LogP contribution in [-0.4, -0.2) is 123 Å². The quantitative estimate of drug-likeness (QED) is 0.229. The van der Waals surface area contributed by atoms with Crippen LogP contribution in [0.1, 0.15) is 54.3 Å². The van der Waals surface area contributed by atoms with Gasteiger partial charge in [-0.2, -0.15) is 0 Å². The number of likely N-dealkylation sites (N-methyl/N-ethyl adjacent to an activating group) is 2. The van der Waals surface area contributed by atoms with Crippen LogP contribution in [0, 0.1) is 0 Å². The van der Waals surface area contributed by atoms with E-state index >= 15 is 0 Å². The number of hydrogen-bond acceptors (Lipinski definition) is 9. The summed E-state index contributed by atoms with van der Waals surface area (Å²) in [6.07, 6.45) is 0.438. The number of imide groups is 1. The molecule has 1 fully saturated rings. The van der Waals surface area contributed by atoms with Crippen LogP contribution in [0.4, 0.5) is 10.5 Å². The molecule has 3 rings (SSSR count). The monoisotopic (exact) mass is 559 g/mol. The minimum absolute atomic E-state index is 0.0647. The minimum atomic E-state index is -1.03. The number of carbonyl (C=O) groups excluding carboxylic acids is 5. The second-order valence-corrected chi connectivity index (χ2v) is 10.9. The number of ether oxygens (including phenoxy) is 2. The second kappa shape index (κ2) is 13.7. The number of piperazine rings is 1. The van der Waals surface area contributed by atoms with E-state index in [4.69, 9.17) is 9.47 Å². The van der Waals surface area contributed by atoms with E-state index in [9.17, 15) is 24.0 Å². The molecule has 220 valence electrons. The summed E-state index contributed by atoms with van der Waals surface area (Å²) in [6, 6.07) is 4.15. The first kappa shape index (κ1) is 31.0. The van der Waals surface area contributed by atoms with Crippen molar-refractivity contribution in [3.8, 4) is 0 Å². The molecule has 1 aromatic carbocycles. The molecular formula is C28H41N5O7. The molecule has 1 atom stereocenters. The zero-order chi connectivity index (χ0) is 29.4. The molecule has 1 saturated heterocycles. The van der Waals surface area contributed by atoms with Crippen molar-refractivity contribution in [3.63, 3.8) is 0 Å². The maximum Gasteiger partial charge on any atom is 0.410 e. The van der Waals surface area contributed by atoms with Gasteiger partial charge >= 0.3 is 6.09 Å². The van der Waals surface area contributed by atoms with Gasteiger partial charge in [-0.25, -0.2) is 4.79 Å². The van der Waals surface area contributed by atoms with Crippen LogP contribution in [0.15, 0.2) is 18.2 Å². The number of rotatable bonds is 12. The summed E-state index contributed by atoms with van der Waals surface area (Å²) < 4.78 is 11.1. The van der Waals surface area contributed by atoms with Gasteiger partial charge in [-0.15, -0.1) is 0 Å². The molecule has 1 N–H and O–H groups in total. The molecule has 12 heteroatoms. The van der Waals surface area contributed by atoms with E-state index in [1.807, 2.05) is 26.8 Å². The lowest BCUT2D eigenvalue weighted by Crippen LogP contribution is -2.48. The third kappa shape index (κ3) is 7.79. The normalized spacial score (nSPS) is 16.5. The van der Waals surface area contributed by atoms with Crippen LogP contribution in [0.2, 0.25) is 0 Å². The largest absolute Gasteiger partial charge is 0.444 e. The van der Waals surface area contributed by atoms with Crippen LogP contribution >= 0.6 is 0 Å². The molecule has 2 aliphatic rings. The SMILES string of the molecule is CNC(=O)C(CCC=O)N1C(=O)c2ccc(N3CCN(CCOCCN(C)C(=O)OC(C)(C)C)CC3)cc2C1=O. The Kier molecular flexibility index (Phi) is 10.6. The predicted molar refractivity (Wildman–Crippen MR) is 148 cm³/mol. The molecule has 0 saturated carbocycles. The number of nitrogens with zero attached hydrogens (tertiary/aromatic N) is 4. The molecular weight excluding hydrogens is 518 g/mol. The second-order valence-electron chi connectivity index (χ2n) is 10.9. The Morgan fingerprint density at radius 1 is 1.07 bits per heavy atom. The molecule has 0 radical (unpaired) electrons. The van der Waals surface area contributed by atoms with E-state index in [2.05, 4.69) is 15.1 Å². The van der Waals surface area contributed by atoms with Gasteiger partial charge in [0.15, 0.2) is 0 Å².